The maximum absolute atomic E-state index is 12.8. The van der Waals surface area contributed by atoms with Crippen molar-refractivity contribution in [2.24, 2.45) is 5.73 Å². The number of carbonyl (C=O) groups excluding carboxylic acids is 1. The van der Waals surface area contributed by atoms with Gasteiger partial charge in [-0.25, -0.2) is 4.79 Å². The number of hydrogen-bond donors (Lipinski definition) is 2. The molecule has 3 aromatic rings. The zero-order chi connectivity index (χ0) is 20.9. The summed E-state index contributed by atoms with van der Waals surface area (Å²) < 4.78 is 7.20. The van der Waals surface area contributed by atoms with Crippen molar-refractivity contribution in [3.63, 3.8) is 0 Å². The lowest BCUT2D eigenvalue weighted by Gasteiger charge is -2.28. The average molecular weight is 406 g/mol. The molecule has 2 heterocycles. The van der Waals surface area contributed by atoms with Crippen LogP contribution in [0.4, 0.5) is 5.69 Å². The van der Waals surface area contributed by atoms with Crippen molar-refractivity contribution in [1.82, 2.24) is 9.47 Å². The van der Waals surface area contributed by atoms with E-state index in [-0.39, 0.29) is 17.7 Å². The van der Waals surface area contributed by atoms with E-state index in [1.807, 2.05) is 30.3 Å². The first-order valence-corrected chi connectivity index (χ1v) is 10.5. The van der Waals surface area contributed by atoms with E-state index in [2.05, 4.69) is 11.0 Å². The van der Waals surface area contributed by atoms with Crippen LogP contribution in [0.25, 0.3) is 11.1 Å². The first-order valence-electron chi connectivity index (χ1n) is 10.5. The van der Waals surface area contributed by atoms with Gasteiger partial charge in [0.25, 0.3) is 0 Å². The third-order valence-electron chi connectivity index (χ3n) is 6.67. The summed E-state index contributed by atoms with van der Waals surface area (Å²) in [6.07, 6.45) is 3.78. The molecular formula is C23H26N4O3. The second kappa shape index (κ2) is 7.02. The number of carbonyl (C=O) groups is 1. The van der Waals surface area contributed by atoms with Crippen molar-refractivity contribution < 1.29 is 9.21 Å². The number of likely N-dealkylation sites (tertiary alicyclic amines) is 1. The Labute approximate surface area is 174 Å². The summed E-state index contributed by atoms with van der Waals surface area (Å²) in [4.78, 5) is 27.1. The van der Waals surface area contributed by atoms with E-state index in [9.17, 15) is 9.59 Å². The molecular weight excluding hydrogens is 380 g/mol. The Balaban J connectivity index is 1.58. The molecule has 2 fully saturated rings. The summed E-state index contributed by atoms with van der Waals surface area (Å²) in [5.74, 6) is -0.701. The molecule has 1 amide bonds. The SMILES string of the molecule is NC(=O)C1(c2ccc3oc(=O)n(CC(c4cccc(N)c4)N4CCCC4)c3c2)CC1. The van der Waals surface area contributed by atoms with Gasteiger partial charge < -0.3 is 15.9 Å². The highest BCUT2D eigenvalue weighted by atomic mass is 16.4. The van der Waals surface area contributed by atoms with Gasteiger partial charge in [0.05, 0.1) is 17.0 Å². The van der Waals surface area contributed by atoms with Crippen LogP contribution in [0.2, 0.25) is 0 Å². The van der Waals surface area contributed by atoms with Crippen LogP contribution in [-0.2, 0) is 16.8 Å². The van der Waals surface area contributed by atoms with E-state index in [0.29, 0.717) is 23.3 Å². The molecule has 0 spiro atoms. The number of fused-ring (bicyclic) bond motifs is 1. The van der Waals surface area contributed by atoms with Crippen molar-refractivity contribution in [1.29, 1.82) is 0 Å². The van der Waals surface area contributed by atoms with Crippen LogP contribution in [0.5, 0.6) is 0 Å². The second-order valence-corrected chi connectivity index (χ2v) is 8.54. The summed E-state index contributed by atoms with van der Waals surface area (Å²) >= 11 is 0. The molecule has 1 saturated carbocycles. The molecule has 1 aliphatic carbocycles. The minimum absolute atomic E-state index is 0.0178. The number of hydrogen-bond acceptors (Lipinski definition) is 5. The van der Waals surface area contributed by atoms with Gasteiger partial charge in [0.2, 0.25) is 5.91 Å². The largest absolute Gasteiger partial charge is 0.420 e. The van der Waals surface area contributed by atoms with Gasteiger partial charge in [-0.3, -0.25) is 14.3 Å². The third kappa shape index (κ3) is 3.10. The number of nitrogen functional groups attached to an aromatic ring is 1. The van der Waals surface area contributed by atoms with E-state index < -0.39 is 5.41 Å². The minimum Gasteiger partial charge on any atom is -0.408 e. The standard InChI is InChI=1S/C23H26N4O3/c24-17-5-3-4-15(12-17)19(26-10-1-2-11-26)14-27-18-13-16(23(8-9-23)21(25)28)6-7-20(18)30-22(27)29/h3-7,12-13,19H,1-2,8-11,14,24H2,(H2,25,28). The molecule has 2 aromatic carbocycles. The highest BCUT2D eigenvalue weighted by molar-refractivity contribution is 5.91. The summed E-state index contributed by atoms with van der Waals surface area (Å²) in [5, 5.41) is 0. The van der Waals surface area contributed by atoms with E-state index in [1.54, 1.807) is 10.6 Å². The van der Waals surface area contributed by atoms with Crippen LogP contribution in [-0.4, -0.2) is 28.5 Å². The zero-order valence-electron chi connectivity index (χ0n) is 16.8. The van der Waals surface area contributed by atoms with Crippen LogP contribution in [0.3, 0.4) is 0 Å². The van der Waals surface area contributed by atoms with Gasteiger partial charge in [0, 0.05) is 12.2 Å². The molecule has 5 rings (SSSR count). The summed E-state index contributed by atoms with van der Waals surface area (Å²) in [7, 11) is 0. The number of benzene rings is 2. The van der Waals surface area contributed by atoms with Gasteiger partial charge in [-0.15, -0.1) is 0 Å². The Morgan fingerprint density at radius 2 is 1.90 bits per heavy atom. The van der Waals surface area contributed by atoms with E-state index in [1.165, 1.54) is 0 Å². The lowest BCUT2D eigenvalue weighted by Crippen LogP contribution is -2.32. The Morgan fingerprint density at radius 3 is 2.57 bits per heavy atom. The number of nitrogens with two attached hydrogens (primary N) is 2. The van der Waals surface area contributed by atoms with E-state index in [0.717, 1.165) is 49.9 Å². The Bertz CT molecular complexity index is 1170. The molecule has 30 heavy (non-hydrogen) atoms. The van der Waals surface area contributed by atoms with Crippen molar-refractivity contribution in [2.75, 3.05) is 18.8 Å². The molecule has 0 radical (unpaired) electrons. The number of amides is 1. The maximum Gasteiger partial charge on any atom is 0.420 e. The molecule has 1 aromatic heterocycles. The molecule has 4 N–H and O–H groups in total. The molecule has 7 heteroatoms. The van der Waals surface area contributed by atoms with Gasteiger partial charge in [0.15, 0.2) is 5.58 Å². The van der Waals surface area contributed by atoms with Crippen molar-refractivity contribution in [3.8, 4) is 0 Å². The molecule has 7 nitrogen and oxygen atoms in total. The van der Waals surface area contributed by atoms with Crippen LogP contribution >= 0.6 is 0 Å². The molecule has 1 unspecified atom stereocenters. The van der Waals surface area contributed by atoms with Crippen molar-refractivity contribution in [3.05, 3.63) is 64.1 Å². The fourth-order valence-electron chi connectivity index (χ4n) is 4.76. The first-order chi connectivity index (χ1) is 14.5. The van der Waals surface area contributed by atoms with Gasteiger partial charge in [-0.1, -0.05) is 18.2 Å². The Kier molecular flexibility index (Phi) is 4.43. The molecule has 2 aliphatic rings. The quantitative estimate of drug-likeness (QED) is 0.612. The lowest BCUT2D eigenvalue weighted by atomic mass is 9.95. The zero-order valence-corrected chi connectivity index (χ0v) is 16.8. The van der Waals surface area contributed by atoms with E-state index in [4.69, 9.17) is 15.9 Å². The molecule has 1 aliphatic heterocycles. The van der Waals surface area contributed by atoms with Crippen molar-refractivity contribution in [2.45, 2.75) is 43.7 Å². The third-order valence-corrected chi connectivity index (χ3v) is 6.67. The smallest absolute Gasteiger partial charge is 0.408 e. The number of nitrogens with zero attached hydrogens (tertiary/aromatic N) is 2. The van der Waals surface area contributed by atoms with Gasteiger partial charge in [-0.2, -0.15) is 0 Å². The normalized spacial score (nSPS) is 19.2. The Hall–Kier alpha value is -3.06. The number of primary amides is 1. The minimum atomic E-state index is -0.603. The van der Waals surface area contributed by atoms with Crippen LogP contribution < -0.4 is 17.2 Å². The predicted octanol–water partition coefficient (Wildman–Crippen LogP) is 2.53. The number of aromatic nitrogens is 1. The van der Waals surface area contributed by atoms with Crippen molar-refractivity contribution >= 4 is 22.7 Å². The predicted molar refractivity (Wildman–Crippen MR) is 115 cm³/mol. The lowest BCUT2D eigenvalue weighted by molar-refractivity contribution is -0.120. The number of anilines is 1. The molecule has 1 saturated heterocycles. The summed E-state index contributed by atoms with van der Waals surface area (Å²) in [5.41, 5.74) is 15.0. The average Bonchev–Trinajstić information content (AvgIpc) is 3.25. The van der Waals surface area contributed by atoms with Crippen LogP contribution in [0, 0.1) is 0 Å². The van der Waals surface area contributed by atoms with Gasteiger partial charge >= 0.3 is 5.76 Å². The van der Waals surface area contributed by atoms with Gasteiger partial charge in [0.1, 0.15) is 0 Å². The monoisotopic (exact) mass is 406 g/mol. The number of oxazole rings is 1. The number of rotatable bonds is 6. The maximum atomic E-state index is 12.8. The fraction of sp³-hybridized carbons (Fsp3) is 0.391. The highest BCUT2D eigenvalue weighted by Gasteiger charge is 2.50. The second-order valence-electron chi connectivity index (χ2n) is 8.54. The first kappa shape index (κ1) is 18.9. The van der Waals surface area contributed by atoms with Crippen LogP contribution in [0.1, 0.15) is 42.9 Å². The Morgan fingerprint density at radius 1 is 1.13 bits per heavy atom. The molecule has 156 valence electrons. The molecule has 0 bridgehead atoms. The fourth-order valence-corrected chi connectivity index (χ4v) is 4.76. The topological polar surface area (TPSA) is 107 Å². The summed E-state index contributed by atoms with van der Waals surface area (Å²) in [6.45, 7) is 2.43. The van der Waals surface area contributed by atoms with Crippen LogP contribution in [0.15, 0.2) is 51.7 Å². The summed E-state index contributed by atoms with van der Waals surface area (Å²) in [6, 6.07) is 13.4. The molecule has 1 atom stereocenters. The highest BCUT2D eigenvalue weighted by Crippen LogP contribution is 2.48. The van der Waals surface area contributed by atoms with E-state index >= 15 is 0 Å². The van der Waals surface area contributed by atoms with Gasteiger partial charge in [-0.05, 0) is 74.2 Å².